The molecule has 0 atom stereocenters. The lowest BCUT2D eigenvalue weighted by Gasteiger charge is -2.31. The maximum atomic E-state index is 13.0. The van der Waals surface area contributed by atoms with Gasteiger partial charge in [-0.1, -0.05) is 0 Å². The summed E-state index contributed by atoms with van der Waals surface area (Å²) in [5.41, 5.74) is -3.49. The number of nitrogens with one attached hydrogen (secondary N) is 3. The third-order valence-electron chi connectivity index (χ3n) is 6.25. The SMILES string of the molecule is O=C(C[C@H]1CC[C@@H](NC(=O)C2CCNCC2)CC1)Nc1cc(C(F)(F)F)cc(C(F)(F)F)c1. The van der Waals surface area contributed by atoms with Gasteiger partial charge in [0, 0.05) is 24.1 Å². The highest BCUT2D eigenvalue weighted by molar-refractivity contribution is 5.91. The van der Waals surface area contributed by atoms with Gasteiger partial charge in [-0.25, -0.2) is 0 Å². The predicted octanol–water partition coefficient (Wildman–Crippen LogP) is 4.73. The number of rotatable bonds is 5. The Labute approximate surface area is 187 Å². The standard InChI is InChI=1S/C22H27F6N3O2/c23-21(24,25)15-10-16(22(26,27)28)12-18(11-15)30-19(32)9-13-1-3-17(4-2-13)31-20(33)14-5-7-29-8-6-14/h10-14,17,29H,1-9H2,(H,30,32)(H,31,33)/t13-,17+. The monoisotopic (exact) mass is 479 g/mol. The van der Waals surface area contributed by atoms with Crippen LogP contribution >= 0.6 is 0 Å². The number of hydrogen-bond donors (Lipinski definition) is 3. The van der Waals surface area contributed by atoms with Crippen LogP contribution in [0.2, 0.25) is 0 Å². The number of halogens is 6. The molecule has 2 fully saturated rings. The van der Waals surface area contributed by atoms with E-state index in [1.807, 2.05) is 0 Å². The van der Waals surface area contributed by atoms with Crippen LogP contribution in [0, 0.1) is 11.8 Å². The lowest BCUT2D eigenvalue weighted by molar-refractivity contribution is -0.143. The van der Waals surface area contributed by atoms with E-state index in [1.54, 1.807) is 0 Å². The molecule has 33 heavy (non-hydrogen) atoms. The van der Waals surface area contributed by atoms with E-state index in [9.17, 15) is 35.9 Å². The second-order valence-corrected chi connectivity index (χ2v) is 8.80. The molecule has 0 aromatic heterocycles. The molecule has 0 spiro atoms. The highest BCUT2D eigenvalue weighted by Gasteiger charge is 2.37. The number of benzene rings is 1. The van der Waals surface area contributed by atoms with Gasteiger partial charge in [0.25, 0.3) is 0 Å². The van der Waals surface area contributed by atoms with Crippen molar-refractivity contribution < 1.29 is 35.9 Å². The van der Waals surface area contributed by atoms with Crippen molar-refractivity contribution in [3.05, 3.63) is 29.3 Å². The van der Waals surface area contributed by atoms with Crippen LogP contribution in [0.4, 0.5) is 32.0 Å². The third kappa shape index (κ3) is 7.35. The van der Waals surface area contributed by atoms with E-state index in [4.69, 9.17) is 0 Å². The summed E-state index contributed by atoms with van der Waals surface area (Å²) in [4.78, 5) is 24.7. The maximum Gasteiger partial charge on any atom is 0.416 e. The molecule has 1 aromatic rings. The molecular weight excluding hydrogens is 452 g/mol. The van der Waals surface area contributed by atoms with Crippen LogP contribution in [0.15, 0.2) is 18.2 Å². The highest BCUT2D eigenvalue weighted by Crippen LogP contribution is 2.37. The molecule has 11 heteroatoms. The van der Waals surface area contributed by atoms with Crippen molar-refractivity contribution in [1.82, 2.24) is 10.6 Å². The van der Waals surface area contributed by atoms with Gasteiger partial charge in [-0.15, -0.1) is 0 Å². The number of anilines is 1. The summed E-state index contributed by atoms with van der Waals surface area (Å²) in [5, 5.41) is 8.45. The molecular formula is C22H27F6N3O2. The molecule has 0 bridgehead atoms. The van der Waals surface area contributed by atoms with E-state index < -0.39 is 35.1 Å². The largest absolute Gasteiger partial charge is 0.416 e. The van der Waals surface area contributed by atoms with Gasteiger partial charge in [-0.2, -0.15) is 26.3 Å². The fraction of sp³-hybridized carbons (Fsp3) is 0.636. The summed E-state index contributed by atoms with van der Waals surface area (Å²) in [5.74, 6) is -0.638. The van der Waals surface area contributed by atoms with Crippen LogP contribution in [-0.2, 0) is 21.9 Å². The zero-order valence-corrected chi connectivity index (χ0v) is 17.9. The van der Waals surface area contributed by atoms with Gasteiger partial charge >= 0.3 is 12.4 Å². The minimum Gasteiger partial charge on any atom is -0.353 e. The smallest absolute Gasteiger partial charge is 0.353 e. The number of amides is 2. The minimum absolute atomic E-state index is 0.00352. The van der Waals surface area contributed by atoms with Crippen LogP contribution in [0.1, 0.15) is 56.1 Å². The first kappa shape index (κ1) is 25.3. The Morgan fingerprint density at radius 2 is 1.39 bits per heavy atom. The predicted molar refractivity (Wildman–Crippen MR) is 109 cm³/mol. The molecule has 2 amide bonds. The molecule has 1 saturated carbocycles. The number of hydrogen-bond acceptors (Lipinski definition) is 3. The lowest BCUT2D eigenvalue weighted by Crippen LogP contribution is -2.44. The Balaban J connectivity index is 1.52. The molecule has 184 valence electrons. The number of alkyl halides is 6. The Morgan fingerprint density at radius 1 is 0.848 bits per heavy atom. The highest BCUT2D eigenvalue weighted by atomic mass is 19.4. The van der Waals surface area contributed by atoms with Crippen LogP contribution < -0.4 is 16.0 Å². The van der Waals surface area contributed by atoms with E-state index >= 15 is 0 Å². The van der Waals surface area contributed by atoms with Gasteiger partial charge in [0.05, 0.1) is 11.1 Å². The average Bonchev–Trinajstić information content (AvgIpc) is 2.74. The van der Waals surface area contributed by atoms with Crippen LogP contribution in [0.3, 0.4) is 0 Å². The third-order valence-corrected chi connectivity index (χ3v) is 6.25. The van der Waals surface area contributed by atoms with E-state index in [-0.39, 0.29) is 36.3 Å². The van der Waals surface area contributed by atoms with Gasteiger partial charge in [-0.05, 0) is 75.7 Å². The van der Waals surface area contributed by atoms with E-state index in [0.29, 0.717) is 37.8 Å². The summed E-state index contributed by atoms with van der Waals surface area (Å²) in [6.45, 7) is 1.63. The van der Waals surface area contributed by atoms with Gasteiger partial charge in [0.15, 0.2) is 0 Å². The summed E-state index contributed by atoms with van der Waals surface area (Å²) in [6.07, 6.45) is -5.73. The first-order valence-corrected chi connectivity index (χ1v) is 11.0. The Bertz CT molecular complexity index is 809. The first-order chi connectivity index (χ1) is 15.4. The van der Waals surface area contributed by atoms with Crippen molar-refractivity contribution in [2.24, 2.45) is 11.8 Å². The molecule has 1 aliphatic carbocycles. The fourth-order valence-electron chi connectivity index (χ4n) is 4.42. The van der Waals surface area contributed by atoms with Crippen molar-refractivity contribution in [3.63, 3.8) is 0 Å². The number of carbonyl (C=O) groups excluding carboxylic acids is 2. The van der Waals surface area contributed by atoms with Crippen molar-refractivity contribution in [2.45, 2.75) is 63.3 Å². The Hall–Kier alpha value is -2.30. The molecule has 3 N–H and O–H groups in total. The molecule has 1 aromatic carbocycles. The van der Waals surface area contributed by atoms with Gasteiger partial charge in [0.2, 0.25) is 11.8 Å². The van der Waals surface area contributed by atoms with Crippen molar-refractivity contribution in [3.8, 4) is 0 Å². The molecule has 1 aliphatic heterocycles. The number of piperidine rings is 1. The average molecular weight is 479 g/mol. The molecule has 1 saturated heterocycles. The van der Waals surface area contributed by atoms with E-state index in [1.165, 1.54) is 0 Å². The Morgan fingerprint density at radius 3 is 1.91 bits per heavy atom. The molecule has 0 unspecified atom stereocenters. The summed E-state index contributed by atoms with van der Waals surface area (Å²) in [7, 11) is 0. The van der Waals surface area contributed by atoms with Crippen molar-refractivity contribution >= 4 is 17.5 Å². The molecule has 2 aliphatic rings. The van der Waals surface area contributed by atoms with E-state index in [0.717, 1.165) is 25.9 Å². The van der Waals surface area contributed by atoms with Crippen molar-refractivity contribution in [2.75, 3.05) is 18.4 Å². The Kier molecular flexibility index (Phi) is 7.92. The molecule has 0 radical (unpaired) electrons. The molecule has 1 heterocycles. The van der Waals surface area contributed by atoms with Gasteiger partial charge in [-0.3, -0.25) is 9.59 Å². The fourth-order valence-corrected chi connectivity index (χ4v) is 4.42. The normalized spacial score (nSPS) is 22.6. The summed E-state index contributed by atoms with van der Waals surface area (Å²) < 4.78 is 77.9. The molecule has 3 rings (SSSR count). The van der Waals surface area contributed by atoms with E-state index in [2.05, 4.69) is 16.0 Å². The first-order valence-electron chi connectivity index (χ1n) is 11.0. The van der Waals surface area contributed by atoms with Gasteiger partial charge < -0.3 is 16.0 Å². The topological polar surface area (TPSA) is 70.2 Å². The van der Waals surface area contributed by atoms with Crippen LogP contribution in [-0.4, -0.2) is 30.9 Å². The minimum atomic E-state index is -4.97. The van der Waals surface area contributed by atoms with Crippen molar-refractivity contribution in [1.29, 1.82) is 0 Å². The summed E-state index contributed by atoms with van der Waals surface area (Å²) in [6, 6.07) is 1.04. The zero-order valence-electron chi connectivity index (χ0n) is 17.9. The quantitative estimate of drug-likeness (QED) is 0.535. The second kappa shape index (κ2) is 10.3. The zero-order chi connectivity index (χ0) is 24.2. The second-order valence-electron chi connectivity index (χ2n) is 8.80. The summed E-state index contributed by atoms with van der Waals surface area (Å²) >= 11 is 0. The lowest BCUT2D eigenvalue weighted by atomic mass is 9.83. The molecule has 5 nitrogen and oxygen atoms in total. The van der Waals surface area contributed by atoms with Crippen LogP contribution in [0.25, 0.3) is 0 Å². The van der Waals surface area contributed by atoms with Gasteiger partial charge in [0.1, 0.15) is 0 Å². The number of carbonyl (C=O) groups is 2. The maximum absolute atomic E-state index is 13.0. The van der Waals surface area contributed by atoms with Crippen LogP contribution in [0.5, 0.6) is 0 Å².